The Hall–Kier alpha value is -1.61. The molecule has 1 aromatic heterocycles. The molecule has 1 unspecified atom stereocenters. The topological polar surface area (TPSA) is 28.2 Å². The van der Waals surface area contributed by atoms with E-state index in [1.807, 2.05) is 6.20 Å². The molecule has 0 bridgehead atoms. The zero-order valence-electron chi connectivity index (χ0n) is 12.5. The highest BCUT2D eigenvalue weighted by atomic mass is 15.2. The number of piperidine rings is 1. The van der Waals surface area contributed by atoms with Gasteiger partial charge in [-0.05, 0) is 43.7 Å². The van der Waals surface area contributed by atoms with Crippen LogP contribution in [0.1, 0.15) is 32.1 Å². The number of rotatable bonds is 4. The van der Waals surface area contributed by atoms with E-state index >= 15 is 0 Å². The molecule has 2 aromatic rings. The molecular formula is C18H23N3. The van der Waals surface area contributed by atoms with Crippen LogP contribution in [0.2, 0.25) is 0 Å². The summed E-state index contributed by atoms with van der Waals surface area (Å²) in [4.78, 5) is 7.29. The molecule has 1 saturated heterocycles. The summed E-state index contributed by atoms with van der Waals surface area (Å²) in [5.41, 5.74) is 0. The summed E-state index contributed by atoms with van der Waals surface area (Å²) in [7, 11) is 0. The van der Waals surface area contributed by atoms with Crippen LogP contribution in [-0.4, -0.2) is 30.2 Å². The van der Waals surface area contributed by atoms with Gasteiger partial charge in [-0.2, -0.15) is 0 Å². The van der Waals surface area contributed by atoms with Crippen LogP contribution in [-0.2, 0) is 0 Å². The van der Waals surface area contributed by atoms with Crippen molar-refractivity contribution in [2.75, 3.05) is 18.0 Å². The Morgan fingerprint density at radius 2 is 2.00 bits per heavy atom. The molecule has 110 valence electrons. The van der Waals surface area contributed by atoms with E-state index < -0.39 is 0 Å². The molecule has 1 atom stereocenters. The summed E-state index contributed by atoms with van der Waals surface area (Å²) in [6, 6.07) is 12.1. The smallest absolute Gasteiger partial charge is 0.136 e. The fourth-order valence-electron chi connectivity index (χ4n) is 3.44. The van der Waals surface area contributed by atoms with Gasteiger partial charge < -0.3 is 10.2 Å². The van der Waals surface area contributed by atoms with Gasteiger partial charge in [0.2, 0.25) is 0 Å². The highest BCUT2D eigenvalue weighted by Crippen LogP contribution is 2.34. The van der Waals surface area contributed by atoms with Crippen molar-refractivity contribution < 1.29 is 0 Å². The van der Waals surface area contributed by atoms with E-state index in [0.717, 1.165) is 6.54 Å². The first kappa shape index (κ1) is 13.1. The minimum Gasteiger partial charge on any atom is -0.352 e. The molecule has 2 fully saturated rings. The number of hydrogen-bond acceptors (Lipinski definition) is 3. The van der Waals surface area contributed by atoms with Crippen LogP contribution < -0.4 is 10.2 Å². The van der Waals surface area contributed by atoms with Gasteiger partial charge in [-0.1, -0.05) is 30.7 Å². The molecule has 4 rings (SSSR count). The number of fused-ring (bicyclic) bond motifs is 1. The molecule has 2 aliphatic rings. The second-order valence-electron chi connectivity index (χ2n) is 6.39. The molecular weight excluding hydrogens is 258 g/mol. The van der Waals surface area contributed by atoms with Gasteiger partial charge in [0.1, 0.15) is 5.82 Å². The Morgan fingerprint density at radius 3 is 2.81 bits per heavy atom. The van der Waals surface area contributed by atoms with Crippen LogP contribution in [0.4, 0.5) is 5.82 Å². The molecule has 21 heavy (non-hydrogen) atoms. The highest BCUT2D eigenvalue weighted by Gasteiger charge is 2.32. The predicted octanol–water partition coefficient (Wildman–Crippen LogP) is 3.35. The van der Waals surface area contributed by atoms with E-state index in [1.165, 1.54) is 55.2 Å². The molecule has 1 N–H and O–H groups in total. The fourth-order valence-corrected chi connectivity index (χ4v) is 3.44. The third-order valence-corrected chi connectivity index (χ3v) is 4.74. The van der Waals surface area contributed by atoms with Crippen LogP contribution in [0.3, 0.4) is 0 Å². The second kappa shape index (κ2) is 5.64. The number of benzene rings is 1. The Balaban J connectivity index is 1.65. The largest absolute Gasteiger partial charge is 0.352 e. The first-order chi connectivity index (χ1) is 10.4. The summed E-state index contributed by atoms with van der Waals surface area (Å²) in [6.07, 6.45) is 8.58. The van der Waals surface area contributed by atoms with E-state index in [1.54, 1.807) is 0 Å². The third kappa shape index (κ3) is 2.75. The van der Waals surface area contributed by atoms with Crippen molar-refractivity contribution in [3.63, 3.8) is 0 Å². The van der Waals surface area contributed by atoms with E-state index in [2.05, 4.69) is 40.5 Å². The Bertz CT molecular complexity index is 609. The Kier molecular flexibility index (Phi) is 3.52. The SMILES string of the molecule is c1ccc2c(N(CC3CCCCN3)C3CC3)nccc2c1. The minimum absolute atomic E-state index is 0.625. The predicted molar refractivity (Wildman–Crippen MR) is 87.8 cm³/mol. The van der Waals surface area contributed by atoms with Crippen LogP contribution in [0, 0.1) is 0 Å². The highest BCUT2D eigenvalue weighted by molar-refractivity contribution is 5.92. The molecule has 3 nitrogen and oxygen atoms in total. The number of nitrogens with one attached hydrogen (secondary N) is 1. The first-order valence-corrected chi connectivity index (χ1v) is 8.25. The van der Waals surface area contributed by atoms with Crippen molar-refractivity contribution in [2.45, 2.75) is 44.2 Å². The Labute approximate surface area is 126 Å². The van der Waals surface area contributed by atoms with Crippen molar-refractivity contribution in [2.24, 2.45) is 0 Å². The number of pyridine rings is 1. The monoisotopic (exact) mass is 281 g/mol. The average Bonchev–Trinajstić information content (AvgIpc) is 3.38. The lowest BCUT2D eigenvalue weighted by Crippen LogP contribution is -2.44. The minimum atomic E-state index is 0.625. The molecule has 3 heteroatoms. The summed E-state index contributed by atoms with van der Waals surface area (Å²) in [5, 5.41) is 6.27. The van der Waals surface area contributed by atoms with Gasteiger partial charge in [-0.25, -0.2) is 4.98 Å². The molecule has 1 aliphatic carbocycles. The maximum Gasteiger partial charge on any atom is 0.136 e. The average molecular weight is 281 g/mol. The third-order valence-electron chi connectivity index (χ3n) is 4.74. The van der Waals surface area contributed by atoms with Gasteiger partial charge in [0.25, 0.3) is 0 Å². The van der Waals surface area contributed by atoms with Gasteiger partial charge in [0.05, 0.1) is 0 Å². The first-order valence-electron chi connectivity index (χ1n) is 8.25. The summed E-state index contributed by atoms with van der Waals surface area (Å²) < 4.78 is 0. The maximum atomic E-state index is 4.73. The normalized spacial score (nSPS) is 22.4. The van der Waals surface area contributed by atoms with E-state index in [9.17, 15) is 0 Å². The summed E-state index contributed by atoms with van der Waals surface area (Å²) in [5.74, 6) is 1.18. The molecule has 1 saturated carbocycles. The second-order valence-corrected chi connectivity index (χ2v) is 6.39. The fraction of sp³-hybridized carbons (Fsp3) is 0.500. The summed E-state index contributed by atoms with van der Waals surface area (Å²) >= 11 is 0. The molecule has 0 amide bonds. The van der Waals surface area contributed by atoms with Crippen molar-refractivity contribution in [1.29, 1.82) is 0 Å². The zero-order valence-corrected chi connectivity index (χ0v) is 12.5. The van der Waals surface area contributed by atoms with Crippen LogP contribution in [0.25, 0.3) is 10.8 Å². The van der Waals surface area contributed by atoms with Crippen molar-refractivity contribution >= 4 is 16.6 Å². The molecule has 1 aliphatic heterocycles. The van der Waals surface area contributed by atoms with Crippen LogP contribution in [0.15, 0.2) is 36.5 Å². The van der Waals surface area contributed by atoms with Gasteiger partial charge in [-0.15, -0.1) is 0 Å². The maximum absolute atomic E-state index is 4.73. The van der Waals surface area contributed by atoms with Crippen LogP contribution in [0.5, 0.6) is 0 Å². The molecule has 0 radical (unpaired) electrons. The van der Waals surface area contributed by atoms with Crippen LogP contribution >= 0.6 is 0 Å². The number of nitrogens with zero attached hydrogens (tertiary/aromatic N) is 2. The Morgan fingerprint density at radius 1 is 1.10 bits per heavy atom. The lowest BCUT2D eigenvalue weighted by Gasteiger charge is -2.32. The number of anilines is 1. The lowest BCUT2D eigenvalue weighted by molar-refractivity contribution is 0.398. The van der Waals surface area contributed by atoms with Gasteiger partial charge in [0, 0.05) is 30.2 Å². The lowest BCUT2D eigenvalue weighted by atomic mass is 10.0. The van der Waals surface area contributed by atoms with Crippen molar-refractivity contribution in [1.82, 2.24) is 10.3 Å². The number of hydrogen-bond donors (Lipinski definition) is 1. The van der Waals surface area contributed by atoms with Crippen molar-refractivity contribution in [3.8, 4) is 0 Å². The van der Waals surface area contributed by atoms with Crippen molar-refractivity contribution in [3.05, 3.63) is 36.5 Å². The quantitative estimate of drug-likeness (QED) is 0.931. The van der Waals surface area contributed by atoms with E-state index in [4.69, 9.17) is 4.98 Å². The molecule has 2 heterocycles. The zero-order chi connectivity index (χ0) is 14.1. The van der Waals surface area contributed by atoms with Gasteiger partial charge in [-0.3, -0.25) is 0 Å². The standard InChI is InChI=1S/C18H23N3/c1-2-7-17-14(5-1)10-12-20-18(17)21(16-8-9-16)13-15-6-3-4-11-19-15/h1-2,5,7,10,12,15-16,19H,3-4,6,8-9,11,13H2. The number of aromatic nitrogens is 1. The van der Waals surface area contributed by atoms with E-state index in [-0.39, 0.29) is 0 Å². The summed E-state index contributed by atoms with van der Waals surface area (Å²) in [6.45, 7) is 2.28. The molecule has 0 spiro atoms. The van der Waals surface area contributed by atoms with Gasteiger partial charge >= 0.3 is 0 Å². The van der Waals surface area contributed by atoms with Gasteiger partial charge in [0.15, 0.2) is 0 Å². The molecule has 1 aromatic carbocycles. The van der Waals surface area contributed by atoms with E-state index in [0.29, 0.717) is 12.1 Å².